The summed E-state index contributed by atoms with van der Waals surface area (Å²) in [6.45, 7) is 0.0660. The van der Waals surface area contributed by atoms with Gasteiger partial charge in [0.2, 0.25) is 5.91 Å². The smallest absolute Gasteiger partial charge is 0.328 e. The third kappa shape index (κ3) is 3.11. The quantitative estimate of drug-likeness (QED) is 0.708. The highest BCUT2D eigenvalue weighted by Crippen LogP contribution is 2.24. The predicted molar refractivity (Wildman–Crippen MR) is 67.8 cm³/mol. The van der Waals surface area contributed by atoms with E-state index in [0.29, 0.717) is 0 Å². The Labute approximate surface area is 109 Å². The van der Waals surface area contributed by atoms with Crippen molar-refractivity contribution in [2.24, 2.45) is 0 Å². The summed E-state index contributed by atoms with van der Waals surface area (Å²) >= 11 is 0. The van der Waals surface area contributed by atoms with Gasteiger partial charge in [-0.25, -0.2) is 4.79 Å². The van der Waals surface area contributed by atoms with Crippen LogP contribution in [0.4, 0.5) is 0 Å². The zero-order valence-corrected chi connectivity index (χ0v) is 10.5. The Kier molecular flexibility index (Phi) is 4.16. The van der Waals surface area contributed by atoms with Gasteiger partial charge >= 0.3 is 5.69 Å². The zero-order chi connectivity index (χ0) is 13.8. The maximum absolute atomic E-state index is 12.1. The molecule has 1 aliphatic carbocycles. The van der Waals surface area contributed by atoms with Crippen LogP contribution < -0.4 is 11.2 Å². The van der Waals surface area contributed by atoms with Crippen LogP contribution in [-0.4, -0.2) is 44.7 Å². The molecule has 104 valence electrons. The van der Waals surface area contributed by atoms with E-state index in [1.54, 1.807) is 4.90 Å². The number of carbonyl (C=O) groups excluding carboxylic acids is 1. The van der Waals surface area contributed by atoms with Crippen LogP contribution in [0.1, 0.15) is 19.3 Å². The Hall–Kier alpha value is -1.89. The van der Waals surface area contributed by atoms with Gasteiger partial charge in [0.25, 0.3) is 5.56 Å². The van der Waals surface area contributed by atoms with E-state index in [-0.39, 0.29) is 31.6 Å². The first-order chi connectivity index (χ1) is 9.11. The average molecular weight is 267 g/mol. The monoisotopic (exact) mass is 267 g/mol. The van der Waals surface area contributed by atoms with Crippen LogP contribution in [-0.2, 0) is 11.3 Å². The van der Waals surface area contributed by atoms with Crippen LogP contribution in [0, 0.1) is 0 Å². The minimum Gasteiger partial charge on any atom is -0.395 e. The summed E-state index contributed by atoms with van der Waals surface area (Å²) in [7, 11) is 0. The highest BCUT2D eigenvalue weighted by Gasteiger charge is 2.28. The first-order valence-electron chi connectivity index (χ1n) is 6.32. The number of H-pyrrole nitrogens is 1. The van der Waals surface area contributed by atoms with Crippen molar-refractivity contribution < 1.29 is 9.90 Å². The summed E-state index contributed by atoms with van der Waals surface area (Å²) in [5.74, 6) is -0.215. The van der Waals surface area contributed by atoms with Gasteiger partial charge in [0, 0.05) is 24.8 Å². The molecule has 7 nitrogen and oxygen atoms in total. The molecule has 1 aromatic heterocycles. The summed E-state index contributed by atoms with van der Waals surface area (Å²) in [5.41, 5.74) is -1.08. The van der Waals surface area contributed by atoms with E-state index in [0.717, 1.165) is 23.8 Å². The minimum absolute atomic E-state index is 0.0945. The number of aliphatic hydroxyl groups is 1. The molecule has 0 saturated heterocycles. The Bertz CT molecular complexity index is 559. The van der Waals surface area contributed by atoms with Crippen LogP contribution in [0.25, 0.3) is 0 Å². The largest absolute Gasteiger partial charge is 0.395 e. The van der Waals surface area contributed by atoms with Gasteiger partial charge < -0.3 is 10.0 Å². The topological polar surface area (TPSA) is 95.4 Å². The molecule has 0 unspecified atom stereocenters. The molecule has 1 heterocycles. The van der Waals surface area contributed by atoms with E-state index in [2.05, 4.69) is 4.98 Å². The molecule has 2 N–H and O–H groups in total. The molecular weight excluding hydrogens is 250 g/mol. The molecule has 1 saturated carbocycles. The van der Waals surface area contributed by atoms with Crippen LogP contribution in [0.5, 0.6) is 0 Å². The number of aromatic amines is 1. The first kappa shape index (κ1) is 13.5. The van der Waals surface area contributed by atoms with Crippen LogP contribution in [0.2, 0.25) is 0 Å². The molecule has 0 atom stereocenters. The summed E-state index contributed by atoms with van der Waals surface area (Å²) in [6, 6.07) is 1.37. The van der Waals surface area contributed by atoms with Gasteiger partial charge in [-0.05, 0) is 19.3 Å². The second-order valence-electron chi connectivity index (χ2n) is 4.63. The maximum atomic E-state index is 12.1. The van der Waals surface area contributed by atoms with E-state index in [9.17, 15) is 14.4 Å². The van der Waals surface area contributed by atoms with Crippen molar-refractivity contribution >= 4 is 5.91 Å². The molecule has 0 bridgehead atoms. The van der Waals surface area contributed by atoms with Crippen molar-refractivity contribution in [1.82, 2.24) is 14.5 Å². The fraction of sp³-hybridized carbons (Fsp3) is 0.583. The summed E-state index contributed by atoms with van der Waals surface area (Å²) in [5, 5.41) is 9.00. The number of carbonyl (C=O) groups is 1. The fourth-order valence-corrected chi connectivity index (χ4v) is 2.12. The Morgan fingerprint density at radius 1 is 1.47 bits per heavy atom. The third-order valence-electron chi connectivity index (χ3n) is 3.38. The molecule has 19 heavy (non-hydrogen) atoms. The molecule has 0 radical (unpaired) electrons. The van der Waals surface area contributed by atoms with Crippen LogP contribution in [0.3, 0.4) is 0 Å². The molecule has 2 rings (SSSR count). The number of nitrogens with zero attached hydrogens (tertiary/aromatic N) is 2. The number of hydrogen-bond acceptors (Lipinski definition) is 4. The van der Waals surface area contributed by atoms with Crippen molar-refractivity contribution in [3.63, 3.8) is 0 Å². The molecule has 1 aliphatic rings. The highest BCUT2D eigenvalue weighted by atomic mass is 16.3. The lowest BCUT2D eigenvalue weighted by molar-refractivity contribution is -0.136. The average Bonchev–Trinajstić information content (AvgIpc) is 2.30. The summed E-state index contributed by atoms with van der Waals surface area (Å²) < 4.78 is 1.16. The van der Waals surface area contributed by atoms with Crippen LogP contribution in [0.15, 0.2) is 21.9 Å². The number of rotatable bonds is 5. The van der Waals surface area contributed by atoms with Gasteiger partial charge in [0.1, 0.15) is 6.54 Å². The minimum atomic E-state index is -0.599. The molecule has 7 heteroatoms. The number of hydrogen-bond donors (Lipinski definition) is 2. The number of aromatic nitrogens is 2. The van der Waals surface area contributed by atoms with Crippen molar-refractivity contribution in [2.45, 2.75) is 31.8 Å². The fourth-order valence-electron chi connectivity index (χ4n) is 2.12. The molecule has 0 spiro atoms. The summed E-state index contributed by atoms with van der Waals surface area (Å²) in [6.07, 6.45) is 4.26. The van der Waals surface area contributed by atoms with E-state index in [4.69, 9.17) is 5.11 Å². The molecule has 1 amide bonds. The summed E-state index contributed by atoms with van der Waals surface area (Å²) in [4.78, 5) is 38.3. The Morgan fingerprint density at radius 2 is 2.21 bits per heavy atom. The molecule has 1 fully saturated rings. The van der Waals surface area contributed by atoms with Crippen molar-refractivity contribution in [3.8, 4) is 0 Å². The van der Waals surface area contributed by atoms with Crippen molar-refractivity contribution in [3.05, 3.63) is 33.1 Å². The second kappa shape index (κ2) is 5.83. The lowest BCUT2D eigenvalue weighted by Gasteiger charge is -2.37. The number of nitrogens with one attached hydrogen (secondary N) is 1. The van der Waals surface area contributed by atoms with Gasteiger partial charge in [-0.2, -0.15) is 0 Å². The van der Waals surface area contributed by atoms with Crippen molar-refractivity contribution in [1.29, 1.82) is 0 Å². The Morgan fingerprint density at radius 3 is 2.74 bits per heavy atom. The van der Waals surface area contributed by atoms with E-state index >= 15 is 0 Å². The first-order valence-corrected chi connectivity index (χ1v) is 6.32. The SMILES string of the molecule is O=C(Cn1ccc(=O)[nH]c1=O)N(CCO)C1CCC1. The predicted octanol–water partition coefficient (Wildman–Crippen LogP) is -1.09. The maximum Gasteiger partial charge on any atom is 0.328 e. The van der Waals surface area contributed by atoms with Gasteiger partial charge in [0.15, 0.2) is 0 Å². The zero-order valence-electron chi connectivity index (χ0n) is 10.5. The lowest BCUT2D eigenvalue weighted by atomic mass is 9.91. The molecular formula is C12H17N3O4. The van der Waals surface area contributed by atoms with E-state index in [1.165, 1.54) is 12.3 Å². The number of amides is 1. The molecule has 1 aromatic rings. The van der Waals surface area contributed by atoms with Crippen LogP contribution >= 0.6 is 0 Å². The van der Waals surface area contributed by atoms with Gasteiger partial charge in [-0.1, -0.05) is 0 Å². The highest BCUT2D eigenvalue weighted by molar-refractivity contribution is 5.76. The van der Waals surface area contributed by atoms with E-state index in [1.807, 2.05) is 0 Å². The van der Waals surface area contributed by atoms with E-state index < -0.39 is 11.2 Å². The standard InChI is InChI=1S/C12H17N3O4/c16-7-6-15(9-2-1-3-9)11(18)8-14-5-4-10(17)13-12(14)19/h4-5,9,16H,1-3,6-8H2,(H,13,17,19). The third-order valence-corrected chi connectivity index (χ3v) is 3.38. The van der Waals surface area contributed by atoms with Gasteiger partial charge in [-0.3, -0.25) is 19.1 Å². The van der Waals surface area contributed by atoms with Gasteiger partial charge in [-0.15, -0.1) is 0 Å². The Balaban J connectivity index is 2.09. The second-order valence-corrected chi connectivity index (χ2v) is 4.63. The molecule has 0 aromatic carbocycles. The lowest BCUT2D eigenvalue weighted by Crippen LogP contribution is -2.48. The van der Waals surface area contributed by atoms with Gasteiger partial charge in [0.05, 0.1) is 6.61 Å². The molecule has 0 aliphatic heterocycles. The number of aliphatic hydroxyl groups excluding tert-OH is 1. The van der Waals surface area contributed by atoms with Crippen molar-refractivity contribution in [2.75, 3.05) is 13.2 Å². The normalized spacial score (nSPS) is 15.0.